The van der Waals surface area contributed by atoms with E-state index >= 15 is 0 Å². The molecule has 0 spiro atoms. The average Bonchev–Trinajstić information content (AvgIpc) is 3.65. The lowest BCUT2D eigenvalue weighted by Gasteiger charge is -2.42. The third-order valence-corrected chi connectivity index (χ3v) is 13.9. The van der Waals surface area contributed by atoms with Crippen LogP contribution >= 0.6 is 0 Å². The number of hydrogen-bond acceptors (Lipinski definition) is 6. The van der Waals surface area contributed by atoms with Crippen LogP contribution in [0.25, 0.3) is 55.5 Å². The first-order valence-electron chi connectivity index (χ1n) is 21.7. The Morgan fingerprint density at radius 3 is 1.00 bits per heavy atom. The van der Waals surface area contributed by atoms with Gasteiger partial charge in [-0.15, -0.1) is 0 Å². The Morgan fingerprint density at radius 2 is 0.672 bits per heavy atom. The minimum Gasteiger partial charge on any atom is -0.310 e. The second-order valence-electron chi connectivity index (χ2n) is 18.0. The fourth-order valence-corrected chi connectivity index (χ4v) is 10.8. The largest absolute Gasteiger partial charge is 0.310 e. The van der Waals surface area contributed by atoms with E-state index < -0.39 is 0 Å². The monoisotopic (exact) mass is 820 g/mol. The van der Waals surface area contributed by atoms with E-state index in [1.165, 1.54) is 45.0 Å². The summed E-state index contributed by atoms with van der Waals surface area (Å²) in [6, 6.07) is 65.5. The fourth-order valence-electron chi connectivity index (χ4n) is 10.8. The number of para-hydroxylation sites is 4. The van der Waals surface area contributed by atoms with Crippen molar-refractivity contribution in [1.29, 1.82) is 10.5 Å². The third kappa shape index (κ3) is 5.17. The van der Waals surface area contributed by atoms with E-state index in [9.17, 15) is 10.5 Å². The Labute approximate surface area is 372 Å². The molecule has 0 unspecified atom stereocenters. The zero-order valence-corrected chi connectivity index (χ0v) is 35.8. The third-order valence-electron chi connectivity index (χ3n) is 13.9. The molecule has 1 aromatic heterocycles. The standard InChI is InChI=1S/C58H40N6/c1-57(2)43-13-5-9-17-49(43)63(50-18-10-6-14-44(50)57)37-25-21-35(22-26-37)39-29-31-41-54-42(56-55(41)61-47(33-59)48(34-60)62-56)32-30-40(53(39)54)36-23-27-38(28-24-36)64-51-19-11-7-15-45(51)58(3,4)46-16-8-12-20-52(46)64/h5-32H,1-4H3. The highest BCUT2D eigenvalue weighted by Gasteiger charge is 2.38. The summed E-state index contributed by atoms with van der Waals surface area (Å²) >= 11 is 0. The molecule has 8 aromatic carbocycles. The normalized spacial score (nSPS) is 14.4. The van der Waals surface area contributed by atoms with Gasteiger partial charge >= 0.3 is 0 Å². The maximum Gasteiger partial charge on any atom is 0.177 e. The van der Waals surface area contributed by atoms with Gasteiger partial charge in [0.1, 0.15) is 12.1 Å². The molecule has 1 aliphatic carbocycles. The van der Waals surface area contributed by atoms with Gasteiger partial charge in [0, 0.05) is 38.7 Å². The Balaban J connectivity index is 1.02. The van der Waals surface area contributed by atoms with Crippen LogP contribution in [-0.4, -0.2) is 9.97 Å². The van der Waals surface area contributed by atoms with Crippen molar-refractivity contribution in [2.45, 2.75) is 38.5 Å². The molecule has 2 aliphatic heterocycles. The van der Waals surface area contributed by atoms with Gasteiger partial charge in [0.25, 0.3) is 0 Å². The molecule has 0 N–H and O–H groups in total. The number of hydrogen-bond donors (Lipinski definition) is 0. The Morgan fingerprint density at radius 1 is 0.375 bits per heavy atom. The van der Waals surface area contributed by atoms with Gasteiger partial charge < -0.3 is 9.80 Å². The summed E-state index contributed by atoms with van der Waals surface area (Å²) < 4.78 is 0. The number of rotatable bonds is 4. The van der Waals surface area contributed by atoms with E-state index in [1.807, 2.05) is 0 Å². The number of aromatic nitrogens is 2. The molecule has 302 valence electrons. The molecular weight excluding hydrogens is 781 g/mol. The summed E-state index contributed by atoms with van der Waals surface area (Å²) in [5.74, 6) is 0. The van der Waals surface area contributed by atoms with Crippen molar-refractivity contribution in [2.75, 3.05) is 9.80 Å². The highest BCUT2D eigenvalue weighted by Crippen LogP contribution is 2.55. The van der Waals surface area contributed by atoms with E-state index in [2.05, 4.69) is 219 Å². The van der Waals surface area contributed by atoms with Crippen molar-refractivity contribution in [1.82, 2.24) is 9.97 Å². The average molecular weight is 821 g/mol. The van der Waals surface area contributed by atoms with Crippen LogP contribution in [-0.2, 0) is 10.8 Å². The quantitative estimate of drug-likeness (QED) is 0.176. The highest BCUT2D eigenvalue weighted by atomic mass is 15.2. The number of nitrogens with zero attached hydrogens (tertiary/aromatic N) is 6. The molecule has 0 bridgehead atoms. The van der Waals surface area contributed by atoms with Gasteiger partial charge in [-0.2, -0.15) is 10.5 Å². The van der Waals surface area contributed by atoms with E-state index in [-0.39, 0.29) is 22.2 Å². The van der Waals surface area contributed by atoms with Gasteiger partial charge in [-0.05, 0) is 98.4 Å². The lowest BCUT2D eigenvalue weighted by molar-refractivity contribution is 0.632. The number of benzene rings is 8. The Hall–Kier alpha value is -8.32. The Bertz CT molecular complexity index is 3200. The van der Waals surface area contributed by atoms with E-state index in [0.717, 1.165) is 55.5 Å². The molecule has 9 aromatic rings. The number of anilines is 6. The lowest BCUT2D eigenvalue weighted by Crippen LogP contribution is -2.30. The molecule has 0 amide bonds. The predicted octanol–water partition coefficient (Wildman–Crippen LogP) is 14.6. The first kappa shape index (κ1) is 37.4. The second kappa shape index (κ2) is 13.6. The smallest absolute Gasteiger partial charge is 0.177 e. The van der Waals surface area contributed by atoms with Crippen molar-refractivity contribution in [2.24, 2.45) is 0 Å². The SMILES string of the molecule is CC1(C)c2ccccc2N(c2ccc(-c3ccc4c5c(ccc(-c6ccc(N7c8ccccc8C(C)(C)c8ccccc87)cc6)c35)-c3nc(C#N)c(C#N)nc3-4)cc2)c2ccccc21. The van der Waals surface area contributed by atoms with Gasteiger partial charge in [0.15, 0.2) is 11.4 Å². The van der Waals surface area contributed by atoms with Crippen LogP contribution in [0.3, 0.4) is 0 Å². The molecular formula is C58H40N6. The minimum atomic E-state index is -0.147. The maximum absolute atomic E-state index is 9.97. The fraction of sp³-hybridized carbons (Fsp3) is 0.103. The van der Waals surface area contributed by atoms with Gasteiger partial charge in [-0.1, -0.05) is 149 Å². The van der Waals surface area contributed by atoms with Crippen molar-refractivity contribution < 1.29 is 0 Å². The van der Waals surface area contributed by atoms with Gasteiger partial charge in [0.2, 0.25) is 0 Å². The van der Waals surface area contributed by atoms with Crippen LogP contribution in [0.5, 0.6) is 0 Å². The molecule has 6 nitrogen and oxygen atoms in total. The van der Waals surface area contributed by atoms with Crippen LogP contribution in [0.2, 0.25) is 0 Å². The van der Waals surface area contributed by atoms with Crippen molar-refractivity contribution >= 4 is 44.9 Å². The summed E-state index contributed by atoms with van der Waals surface area (Å²) in [6.07, 6.45) is 0. The molecule has 12 rings (SSSR count). The van der Waals surface area contributed by atoms with Crippen LogP contribution in [0, 0.1) is 22.7 Å². The molecule has 3 aliphatic rings. The first-order chi connectivity index (χ1) is 31.2. The van der Waals surface area contributed by atoms with Crippen molar-refractivity contribution in [3.05, 3.63) is 203 Å². The molecule has 6 heteroatoms. The molecule has 64 heavy (non-hydrogen) atoms. The molecule has 0 saturated carbocycles. The topological polar surface area (TPSA) is 79.8 Å². The summed E-state index contributed by atoms with van der Waals surface area (Å²) in [5, 5.41) is 22.0. The molecule has 0 radical (unpaired) electrons. The molecule has 0 fully saturated rings. The zero-order chi connectivity index (χ0) is 43.5. The molecule has 3 heterocycles. The summed E-state index contributed by atoms with van der Waals surface area (Å²) in [4.78, 5) is 14.3. The number of nitriles is 2. The minimum absolute atomic E-state index is 0.0335. The molecule has 0 saturated heterocycles. The van der Waals surface area contributed by atoms with Crippen LogP contribution in [0.4, 0.5) is 34.1 Å². The van der Waals surface area contributed by atoms with E-state index in [4.69, 9.17) is 9.97 Å². The highest BCUT2D eigenvalue weighted by molar-refractivity contribution is 6.21. The molecule has 0 atom stereocenters. The summed E-state index contributed by atoms with van der Waals surface area (Å²) in [5.41, 5.74) is 19.2. The second-order valence-corrected chi connectivity index (χ2v) is 18.0. The van der Waals surface area contributed by atoms with E-state index in [1.54, 1.807) is 0 Å². The number of fused-ring (bicyclic) bond motifs is 7. The van der Waals surface area contributed by atoms with Gasteiger partial charge in [0.05, 0.1) is 34.1 Å². The van der Waals surface area contributed by atoms with Gasteiger partial charge in [-0.3, -0.25) is 0 Å². The van der Waals surface area contributed by atoms with Crippen LogP contribution in [0.15, 0.2) is 170 Å². The zero-order valence-electron chi connectivity index (χ0n) is 35.8. The lowest BCUT2D eigenvalue weighted by atomic mass is 9.73. The summed E-state index contributed by atoms with van der Waals surface area (Å²) in [6.45, 7) is 9.24. The van der Waals surface area contributed by atoms with Crippen LogP contribution in [0.1, 0.15) is 61.3 Å². The maximum atomic E-state index is 9.97. The predicted molar refractivity (Wildman–Crippen MR) is 258 cm³/mol. The summed E-state index contributed by atoms with van der Waals surface area (Å²) in [7, 11) is 0. The first-order valence-corrected chi connectivity index (χ1v) is 21.7. The van der Waals surface area contributed by atoms with Gasteiger partial charge in [-0.25, -0.2) is 9.97 Å². The Kier molecular flexibility index (Phi) is 7.95. The van der Waals surface area contributed by atoms with Crippen molar-refractivity contribution in [3.8, 4) is 56.9 Å². The van der Waals surface area contributed by atoms with E-state index in [0.29, 0.717) is 11.4 Å². The van der Waals surface area contributed by atoms with Crippen molar-refractivity contribution in [3.63, 3.8) is 0 Å². The van der Waals surface area contributed by atoms with Crippen LogP contribution < -0.4 is 9.80 Å².